The van der Waals surface area contributed by atoms with Crippen molar-refractivity contribution >= 4 is 23.5 Å². The fraction of sp³-hybridized carbons (Fsp3) is 0.368. The van der Waals surface area contributed by atoms with Crippen molar-refractivity contribution in [3.63, 3.8) is 0 Å². The second kappa shape index (κ2) is 8.89. The highest BCUT2D eigenvalue weighted by atomic mass is 32.1. The molecule has 0 radical (unpaired) electrons. The number of piperazine rings is 1. The molecule has 2 aromatic rings. The third kappa shape index (κ3) is 5.77. The van der Waals surface area contributed by atoms with Crippen molar-refractivity contribution in [2.75, 3.05) is 32.7 Å². The maximum Gasteiger partial charge on any atom is 0.254 e. The molecule has 1 saturated heterocycles. The summed E-state index contributed by atoms with van der Waals surface area (Å²) in [5, 5.41) is 4.04. The maximum absolute atomic E-state index is 12.0. The summed E-state index contributed by atoms with van der Waals surface area (Å²) >= 11 is 1.66. The number of thiophene rings is 1. The van der Waals surface area contributed by atoms with Crippen LogP contribution in [-0.4, -0.2) is 54.6 Å². The molecule has 0 unspecified atom stereocenters. The summed E-state index contributed by atoms with van der Waals surface area (Å²) in [6.07, 6.45) is 1.70. The molecule has 0 saturated carbocycles. The molecule has 132 valence electrons. The number of hydrazone groups is 1. The molecule has 1 aliphatic rings. The molecule has 1 N–H and O–H groups in total. The molecule has 1 aromatic heterocycles. The highest BCUT2D eigenvalue weighted by Crippen LogP contribution is 2.12. The van der Waals surface area contributed by atoms with Crippen LogP contribution in [0.25, 0.3) is 0 Å². The van der Waals surface area contributed by atoms with Crippen molar-refractivity contribution in [1.29, 1.82) is 0 Å². The number of nitrogens with zero attached hydrogens (tertiary/aromatic N) is 3. The Hall–Kier alpha value is -2.02. The zero-order valence-corrected chi connectivity index (χ0v) is 15.3. The van der Waals surface area contributed by atoms with Crippen molar-refractivity contribution in [1.82, 2.24) is 15.2 Å². The first kappa shape index (κ1) is 17.8. The monoisotopic (exact) mass is 356 g/mol. The predicted molar refractivity (Wildman–Crippen MR) is 103 cm³/mol. The van der Waals surface area contributed by atoms with E-state index in [-0.39, 0.29) is 5.91 Å². The molecule has 0 atom stereocenters. The van der Waals surface area contributed by atoms with Gasteiger partial charge in [0.1, 0.15) is 0 Å². The van der Waals surface area contributed by atoms with Crippen LogP contribution in [0.5, 0.6) is 0 Å². The van der Waals surface area contributed by atoms with Gasteiger partial charge in [0.15, 0.2) is 0 Å². The standard InChI is InChI=1S/C19H24N4OS/c1-16-7-8-18(25-16)13-20-21-19(24)15-23-11-9-22(10-12-23)14-17-5-3-2-4-6-17/h2-8,13H,9-12,14-15H2,1H3,(H,21,24). The number of carbonyl (C=O) groups excluding carboxylic acids is 1. The average Bonchev–Trinajstić information content (AvgIpc) is 3.03. The van der Waals surface area contributed by atoms with Crippen molar-refractivity contribution in [2.24, 2.45) is 5.10 Å². The molecule has 2 heterocycles. The van der Waals surface area contributed by atoms with Crippen LogP contribution < -0.4 is 5.43 Å². The van der Waals surface area contributed by atoms with Crippen LogP contribution in [-0.2, 0) is 11.3 Å². The molecule has 25 heavy (non-hydrogen) atoms. The largest absolute Gasteiger partial charge is 0.297 e. The van der Waals surface area contributed by atoms with Gasteiger partial charge in [-0.2, -0.15) is 5.10 Å². The molecule has 5 nitrogen and oxygen atoms in total. The van der Waals surface area contributed by atoms with Gasteiger partial charge in [0.05, 0.1) is 12.8 Å². The second-order valence-corrected chi connectivity index (χ2v) is 7.60. The number of amides is 1. The van der Waals surface area contributed by atoms with Gasteiger partial charge >= 0.3 is 0 Å². The lowest BCUT2D eigenvalue weighted by Crippen LogP contribution is -2.48. The van der Waals surface area contributed by atoms with Crippen LogP contribution in [0, 0.1) is 6.92 Å². The molecular weight excluding hydrogens is 332 g/mol. The first-order chi connectivity index (χ1) is 12.2. The average molecular weight is 356 g/mol. The highest BCUT2D eigenvalue weighted by Gasteiger charge is 2.18. The highest BCUT2D eigenvalue weighted by molar-refractivity contribution is 7.13. The summed E-state index contributed by atoms with van der Waals surface area (Å²) in [7, 11) is 0. The van der Waals surface area contributed by atoms with E-state index in [1.165, 1.54) is 10.4 Å². The molecular formula is C19H24N4OS. The van der Waals surface area contributed by atoms with E-state index < -0.39 is 0 Å². The lowest BCUT2D eigenvalue weighted by molar-refractivity contribution is -0.122. The Bertz CT molecular complexity index is 705. The predicted octanol–water partition coefficient (Wildman–Crippen LogP) is 2.32. The number of hydrogen-bond donors (Lipinski definition) is 1. The van der Waals surface area contributed by atoms with Crippen molar-refractivity contribution in [2.45, 2.75) is 13.5 Å². The number of benzene rings is 1. The first-order valence-electron chi connectivity index (χ1n) is 8.56. The summed E-state index contributed by atoms with van der Waals surface area (Å²) in [6, 6.07) is 14.6. The Morgan fingerprint density at radius 3 is 2.52 bits per heavy atom. The number of nitrogens with one attached hydrogen (secondary N) is 1. The van der Waals surface area contributed by atoms with Crippen molar-refractivity contribution in [3.8, 4) is 0 Å². The normalized spacial score (nSPS) is 16.4. The van der Waals surface area contributed by atoms with Crippen LogP contribution in [0.15, 0.2) is 47.6 Å². The third-order valence-electron chi connectivity index (χ3n) is 4.22. The van der Waals surface area contributed by atoms with E-state index in [0.29, 0.717) is 6.54 Å². The summed E-state index contributed by atoms with van der Waals surface area (Å²) in [6.45, 7) is 7.23. The van der Waals surface area contributed by atoms with E-state index in [4.69, 9.17) is 0 Å². The molecule has 6 heteroatoms. The van der Waals surface area contributed by atoms with Gasteiger partial charge in [-0.3, -0.25) is 14.6 Å². The minimum atomic E-state index is -0.0546. The quantitative estimate of drug-likeness (QED) is 0.638. The zero-order chi connectivity index (χ0) is 17.5. The van der Waals surface area contributed by atoms with E-state index in [1.807, 2.05) is 18.2 Å². The third-order valence-corrected chi connectivity index (χ3v) is 5.16. The number of hydrogen-bond acceptors (Lipinski definition) is 5. The van der Waals surface area contributed by atoms with Crippen LogP contribution in [0.3, 0.4) is 0 Å². The van der Waals surface area contributed by atoms with Crippen molar-refractivity contribution in [3.05, 3.63) is 57.8 Å². The van der Waals surface area contributed by atoms with Crippen LogP contribution >= 0.6 is 11.3 Å². The van der Waals surface area contributed by atoms with Gasteiger partial charge in [-0.25, -0.2) is 5.43 Å². The Morgan fingerprint density at radius 2 is 1.84 bits per heavy atom. The minimum absolute atomic E-state index is 0.0546. The summed E-state index contributed by atoms with van der Waals surface area (Å²) < 4.78 is 0. The number of rotatable bonds is 6. The van der Waals surface area contributed by atoms with E-state index in [2.05, 4.69) is 51.5 Å². The van der Waals surface area contributed by atoms with Gasteiger partial charge in [0, 0.05) is 42.5 Å². The molecule has 1 aliphatic heterocycles. The Morgan fingerprint density at radius 1 is 1.12 bits per heavy atom. The number of carbonyl (C=O) groups is 1. The van der Waals surface area contributed by atoms with E-state index >= 15 is 0 Å². The van der Waals surface area contributed by atoms with Crippen molar-refractivity contribution < 1.29 is 4.79 Å². The molecule has 1 aromatic carbocycles. The molecule has 0 bridgehead atoms. The fourth-order valence-electron chi connectivity index (χ4n) is 2.88. The van der Waals surface area contributed by atoms with Gasteiger partial charge in [-0.05, 0) is 24.6 Å². The lowest BCUT2D eigenvalue weighted by Gasteiger charge is -2.34. The fourth-order valence-corrected chi connectivity index (χ4v) is 3.63. The second-order valence-electron chi connectivity index (χ2n) is 6.28. The zero-order valence-electron chi connectivity index (χ0n) is 14.5. The van der Waals surface area contributed by atoms with E-state index in [1.54, 1.807) is 17.6 Å². The van der Waals surface area contributed by atoms with Gasteiger partial charge < -0.3 is 0 Å². The van der Waals surface area contributed by atoms with Gasteiger partial charge in [-0.1, -0.05) is 30.3 Å². The summed E-state index contributed by atoms with van der Waals surface area (Å²) in [5.41, 5.74) is 3.96. The van der Waals surface area contributed by atoms with Crippen LogP contribution in [0.2, 0.25) is 0 Å². The SMILES string of the molecule is Cc1ccc(C=NNC(=O)CN2CCN(Cc3ccccc3)CC2)s1. The van der Waals surface area contributed by atoms with Gasteiger partial charge in [-0.15, -0.1) is 11.3 Å². The Labute approximate surface area is 153 Å². The lowest BCUT2D eigenvalue weighted by atomic mass is 10.2. The van der Waals surface area contributed by atoms with Crippen LogP contribution in [0.4, 0.5) is 0 Å². The Balaban J connectivity index is 1.37. The first-order valence-corrected chi connectivity index (χ1v) is 9.38. The summed E-state index contributed by atoms with van der Waals surface area (Å²) in [5.74, 6) is -0.0546. The molecule has 0 aliphatic carbocycles. The molecule has 0 spiro atoms. The number of aryl methyl sites for hydroxylation is 1. The molecule has 3 rings (SSSR count). The van der Waals surface area contributed by atoms with Crippen LogP contribution in [0.1, 0.15) is 15.3 Å². The Kier molecular flexibility index (Phi) is 6.33. The minimum Gasteiger partial charge on any atom is -0.297 e. The van der Waals surface area contributed by atoms with E-state index in [0.717, 1.165) is 37.6 Å². The van der Waals surface area contributed by atoms with Gasteiger partial charge in [0.2, 0.25) is 0 Å². The molecule has 1 amide bonds. The van der Waals surface area contributed by atoms with E-state index in [9.17, 15) is 4.79 Å². The maximum atomic E-state index is 12.0. The van der Waals surface area contributed by atoms with Gasteiger partial charge in [0.25, 0.3) is 5.91 Å². The molecule has 1 fully saturated rings. The summed E-state index contributed by atoms with van der Waals surface area (Å²) in [4.78, 5) is 18.9. The smallest absolute Gasteiger partial charge is 0.254 e. The topological polar surface area (TPSA) is 47.9 Å².